The van der Waals surface area contributed by atoms with E-state index in [4.69, 9.17) is 0 Å². The van der Waals surface area contributed by atoms with Gasteiger partial charge in [0, 0.05) is 23.3 Å². The molecule has 2 heterocycles. The van der Waals surface area contributed by atoms with Crippen LogP contribution in [0.2, 0.25) is 0 Å². The van der Waals surface area contributed by atoms with Gasteiger partial charge in [0.05, 0.1) is 0 Å². The molecule has 0 fully saturated rings. The van der Waals surface area contributed by atoms with Crippen molar-refractivity contribution in [2.45, 2.75) is 38.6 Å². The molecular formula is C16H22N2S. The summed E-state index contributed by atoms with van der Waals surface area (Å²) in [4.78, 5) is 5.69. The van der Waals surface area contributed by atoms with Crippen molar-refractivity contribution in [3.05, 3.63) is 52.5 Å². The summed E-state index contributed by atoms with van der Waals surface area (Å²) < 4.78 is 0. The van der Waals surface area contributed by atoms with Crippen LogP contribution in [0.15, 0.2) is 42.0 Å². The SMILES string of the molecule is CCNC(CCCc1cccs1)Cc1cccnc1. The maximum atomic E-state index is 4.19. The Kier molecular flexibility index (Phi) is 6.05. The minimum atomic E-state index is 0.564. The summed E-state index contributed by atoms with van der Waals surface area (Å²) in [5.41, 5.74) is 1.32. The maximum Gasteiger partial charge on any atom is 0.0300 e. The highest BCUT2D eigenvalue weighted by atomic mass is 32.1. The van der Waals surface area contributed by atoms with Gasteiger partial charge in [-0.1, -0.05) is 19.1 Å². The molecule has 0 spiro atoms. The Balaban J connectivity index is 1.79. The second kappa shape index (κ2) is 8.08. The maximum absolute atomic E-state index is 4.19. The van der Waals surface area contributed by atoms with Crippen LogP contribution in [-0.2, 0) is 12.8 Å². The molecule has 0 saturated carbocycles. The van der Waals surface area contributed by atoms with Crippen molar-refractivity contribution in [1.29, 1.82) is 0 Å². The number of hydrogen-bond donors (Lipinski definition) is 1. The molecule has 0 aliphatic carbocycles. The number of hydrogen-bond acceptors (Lipinski definition) is 3. The molecule has 1 unspecified atom stereocenters. The molecule has 19 heavy (non-hydrogen) atoms. The molecule has 0 amide bonds. The number of thiophene rings is 1. The van der Waals surface area contributed by atoms with Crippen molar-refractivity contribution in [2.24, 2.45) is 0 Å². The normalized spacial score (nSPS) is 12.5. The lowest BCUT2D eigenvalue weighted by Gasteiger charge is -2.17. The molecule has 2 aromatic rings. The number of rotatable bonds is 8. The van der Waals surface area contributed by atoms with Crippen molar-refractivity contribution in [1.82, 2.24) is 10.3 Å². The van der Waals surface area contributed by atoms with Crippen LogP contribution >= 0.6 is 11.3 Å². The van der Waals surface area contributed by atoms with Crippen LogP contribution in [0.3, 0.4) is 0 Å². The van der Waals surface area contributed by atoms with Gasteiger partial charge >= 0.3 is 0 Å². The number of pyridine rings is 1. The van der Waals surface area contributed by atoms with E-state index in [0.717, 1.165) is 13.0 Å². The molecule has 0 radical (unpaired) electrons. The highest BCUT2D eigenvalue weighted by Crippen LogP contribution is 2.14. The molecule has 1 atom stereocenters. The van der Waals surface area contributed by atoms with E-state index in [9.17, 15) is 0 Å². The third-order valence-electron chi connectivity index (χ3n) is 3.25. The van der Waals surface area contributed by atoms with Crippen molar-refractivity contribution in [3.63, 3.8) is 0 Å². The first kappa shape index (κ1) is 14.2. The van der Waals surface area contributed by atoms with Crippen LogP contribution < -0.4 is 5.32 Å². The van der Waals surface area contributed by atoms with Crippen LogP contribution in [0.5, 0.6) is 0 Å². The van der Waals surface area contributed by atoms with E-state index in [0.29, 0.717) is 6.04 Å². The topological polar surface area (TPSA) is 24.9 Å². The van der Waals surface area contributed by atoms with Crippen molar-refractivity contribution in [3.8, 4) is 0 Å². The Morgan fingerprint density at radius 3 is 2.95 bits per heavy atom. The fraction of sp³-hybridized carbons (Fsp3) is 0.438. The van der Waals surface area contributed by atoms with E-state index in [1.165, 1.54) is 29.7 Å². The minimum absolute atomic E-state index is 0.564. The zero-order valence-electron chi connectivity index (χ0n) is 11.5. The first-order valence-electron chi connectivity index (χ1n) is 7.03. The monoisotopic (exact) mass is 274 g/mol. The van der Waals surface area contributed by atoms with E-state index >= 15 is 0 Å². The van der Waals surface area contributed by atoms with Gasteiger partial charge in [0.1, 0.15) is 0 Å². The van der Waals surface area contributed by atoms with Crippen LogP contribution in [0.4, 0.5) is 0 Å². The predicted octanol–water partition coefficient (Wildman–Crippen LogP) is 3.69. The van der Waals surface area contributed by atoms with Gasteiger partial charge in [0.15, 0.2) is 0 Å². The molecule has 0 aromatic carbocycles. The van der Waals surface area contributed by atoms with Gasteiger partial charge in [0.25, 0.3) is 0 Å². The quantitative estimate of drug-likeness (QED) is 0.794. The number of likely N-dealkylation sites (N-methyl/N-ethyl adjacent to an activating group) is 1. The number of aromatic nitrogens is 1. The molecule has 0 aliphatic rings. The molecule has 102 valence electrons. The van der Waals surface area contributed by atoms with E-state index in [1.54, 1.807) is 0 Å². The highest BCUT2D eigenvalue weighted by molar-refractivity contribution is 7.09. The Bertz CT molecular complexity index is 439. The van der Waals surface area contributed by atoms with E-state index in [1.807, 2.05) is 29.8 Å². The van der Waals surface area contributed by atoms with Gasteiger partial charge in [-0.15, -0.1) is 11.3 Å². The third-order valence-corrected chi connectivity index (χ3v) is 4.19. The Morgan fingerprint density at radius 2 is 2.26 bits per heavy atom. The lowest BCUT2D eigenvalue weighted by atomic mass is 10.0. The summed E-state index contributed by atoms with van der Waals surface area (Å²) >= 11 is 1.86. The molecule has 0 bridgehead atoms. The Morgan fingerprint density at radius 1 is 1.32 bits per heavy atom. The molecule has 3 heteroatoms. The number of nitrogens with zero attached hydrogens (tertiary/aromatic N) is 1. The second-order valence-electron chi connectivity index (χ2n) is 4.79. The summed E-state index contributed by atoms with van der Waals surface area (Å²) in [6.07, 6.45) is 8.56. The number of nitrogens with one attached hydrogen (secondary N) is 1. The largest absolute Gasteiger partial charge is 0.314 e. The second-order valence-corrected chi connectivity index (χ2v) is 5.82. The summed E-state index contributed by atoms with van der Waals surface area (Å²) in [6, 6.07) is 9.11. The van der Waals surface area contributed by atoms with Gasteiger partial charge < -0.3 is 5.32 Å². The standard InChI is InChI=1S/C16H22N2S/c1-2-18-15(12-14-6-4-10-17-13-14)7-3-8-16-9-5-11-19-16/h4-6,9-11,13,15,18H,2-3,7-8,12H2,1H3. The minimum Gasteiger partial charge on any atom is -0.314 e. The zero-order chi connectivity index (χ0) is 13.3. The lowest BCUT2D eigenvalue weighted by molar-refractivity contribution is 0.476. The van der Waals surface area contributed by atoms with Crippen molar-refractivity contribution in [2.75, 3.05) is 6.54 Å². The fourth-order valence-corrected chi connectivity index (χ4v) is 3.10. The van der Waals surface area contributed by atoms with E-state index in [-0.39, 0.29) is 0 Å². The third kappa shape index (κ3) is 5.13. The van der Waals surface area contributed by atoms with Crippen LogP contribution in [0, 0.1) is 0 Å². The summed E-state index contributed by atoms with van der Waals surface area (Å²) in [5, 5.41) is 5.75. The first-order chi connectivity index (χ1) is 9.38. The van der Waals surface area contributed by atoms with Gasteiger partial charge in [-0.3, -0.25) is 4.98 Å². The van der Waals surface area contributed by atoms with Crippen molar-refractivity contribution < 1.29 is 0 Å². The molecule has 0 saturated heterocycles. The van der Waals surface area contributed by atoms with Crippen LogP contribution in [0.25, 0.3) is 0 Å². The average molecular weight is 274 g/mol. The van der Waals surface area contributed by atoms with Crippen molar-refractivity contribution >= 4 is 11.3 Å². The van der Waals surface area contributed by atoms with E-state index in [2.05, 4.69) is 40.8 Å². The highest BCUT2D eigenvalue weighted by Gasteiger charge is 2.08. The molecule has 2 nitrogen and oxygen atoms in total. The predicted molar refractivity (Wildman–Crippen MR) is 82.7 cm³/mol. The summed E-state index contributed by atoms with van der Waals surface area (Å²) in [7, 11) is 0. The van der Waals surface area contributed by atoms with Gasteiger partial charge in [-0.05, 0) is 55.3 Å². The van der Waals surface area contributed by atoms with Crippen LogP contribution in [-0.4, -0.2) is 17.6 Å². The molecule has 2 rings (SSSR count). The summed E-state index contributed by atoms with van der Waals surface area (Å²) in [5.74, 6) is 0. The molecule has 2 aromatic heterocycles. The van der Waals surface area contributed by atoms with Crippen LogP contribution in [0.1, 0.15) is 30.2 Å². The lowest BCUT2D eigenvalue weighted by Crippen LogP contribution is -2.31. The number of aryl methyl sites for hydroxylation is 1. The Labute approximate surface area is 119 Å². The fourth-order valence-electron chi connectivity index (χ4n) is 2.35. The first-order valence-corrected chi connectivity index (χ1v) is 7.91. The van der Waals surface area contributed by atoms with Gasteiger partial charge in [0.2, 0.25) is 0 Å². The smallest absolute Gasteiger partial charge is 0.0300 e. The zero-order valence-corrected chi connectivity index (χ0v) is 12.3. The Hall–Kier alpha value is -1.19. The average Bonchev–Trinajstić information content (AvgIpc) is 2.93. The van der Waals surface area contributed by atoms with Gasteiger partial charge in [-0.2, -0.15) is 0 Å². The van der Waals surface area contributed by atoms with E-state index < -0.39 is 0 Å². The van der Waals surface area contributed by atoms with Gasteiger partial charge in [-0.25, -0.2) is 0 Å². The summed E-state index contributed by atoms with van der Waals surface area (Å²) in [6.45, 7) is 3.21. The molecular weight excluding hydrogens is 252 g/mol. The molecule has 1 N–H and O–H groups in total. The molecule has 0 aliphatic heterocycles.